The average Bonchev–Trinajstić information content (AvgIpc) is 3.16. The van der Waals surface area contributed by atoms with Gasteiger partial charge in [0.05, 0.1) is 44.4 Å². The molecular weight excluding hydrogens is 516 g/mol. The lowest BCUT2D eigenvalue weighted by Gasteiger charge is -2.29. The third-order valence-corrected chi connectivity index (χ3v) is 7.12. The van der Waals surface area contributed by atoms with Gasteiger partial charge in [-0.15, -0.1) is 0 Å². The Bertz CT molecular complexity index is 1320. The third-order valence-electron chi connectivity index (χ3n) is 6.63. The molecule has 1 aromatic heterocycles. The van der Waals surface area contributed by atoms with Gasteiger partial charge in [-0.3, -0.25) is 14.5 Å². The Kier molecular flexibility index (Phi) is 6.82. The van der Waals surface area contributed by atoms with Crippen LogP contribution in [0.3, 0.4) is 0 Å². The van der Waals surface area contributed by atoms with Crippen LogP contribution >= 0.6 is 15.9 Å². The zero-order valence-corrected chi connectivity index (χ0v) is 21.3. The van der Waals surface area contributed by atoms with Gasteiger partial charge < -0.3 is 23.5 Å². The minimum atomic E-state index is -0.582. The van der Waals surface area contributed by atoms with Crippen LogP contribution in [0.15, 0.2) is 50.1 Å². The zero-order valence-electron chi connectivity index (χ0n) is 19.7. The molecule has 5 rings (SSSR count). The summed E-state index contributed by atoms with van der Waals surface area (Å²) in [7, 11) is 3.14. The predicted octanol–water partition coefficient (Wildman–Crippen LogP) is 3.84. The van der Waals surface area contributed by atoms with E-state index in [1.54, 1.807) is 43.4 Å². The van der Waals surface area contributed by atoms with Crippen molar-refractivity contribution in [1.82, 2.24) is 9.80 Å². The number of ether oxygens (including phenoxy) is 3. The number of carbonyl (C=O) groups excluding carboxylic acids is 1. The second kappa shape index (κ2) is 10.0. The number of carbonyl (C=O) groups is 1. The van der Waals surface area contributed by atoms with E-state index >= 15 is 0 Å². The maximum atomic E-state index is 13.7. The summed E-state index contributed by atoms with van der Waals surface area (Å²) in [6.45, 7) is 4.55. The fraction of sp³-hybridized carbons (Fsp3) is 0.385. The van der Waals surface area contributed by atoms with Crippen LogP contribution in [0.5, 0.6) is 11.5 Å². The van der Waals surface area contributed by atoms with Crippen LogP contribution in [-0.4, -0.2) is 69.3 Å². The topological polar surface area (TPSA) is 81.5 Å². The fourth-order valence-electron chi connectivity index (χ4n) is 4.88. The van der Waals surface area contributed by atoms with Crippen LogP contribution in [0.1, 0.15) is 34.1 Å². The third kappa shape index (κ3) is 4.44. The highest BCUT2D eigenvalue weighted by molar-refractivity contribution is 9.10. The monoisotopic (exact) mass is 542 g/mol. The molecule has 1 amide bonds. The normalized spacial score (nSPS) is 18.2. The second-order valence-electron chi connectivity index (χ2n) is 8.64. The van der Waals surface area contributed by atoms with E-state index in [4.69, 9.17) is 18.6 Å². The van der Waals surface area contributed by atoms with Gasteiger partial charge in [-0.1, -0.05) is 22.0 Å². The van der Waals surface area contributed by atoms with Crippen LogP contribution in [0, 0.1) is 0 Å². The number of amides is 1. The predicted molar refractivity (Wildman–Crippen MR) is 134 cm³/mol. The van der Waals surface area contributed by atoms with Gasteiger partial charge in [0, 0.05) is 30.7 Å². The van der Waals surface area contributed by atoms with E-state index < -0.39 is 6.04 Å². The number of hydrogen-bond donors (Lipinski definition) is 0. The number of hydrogen-bond acceptors (Lipinski definition) is 7. The molecule has 0 unspecified atom stereocenters. The molecule has 3 heterocycles. The van der Waals surface area contributed by atoms with Gasteiger partial charge in [0.2, 0.25) is 5.76 Å². The first kappa shape index (κ1) is 23.8. The first-order chi connectivity index (χ1) is 17.0. The lowest BCUT2D eigenvalue weighted by atomic mass is 9.98. The molecule has 35 heavy (non-hydrogen) atoms. The van der Waals surface area contributed by atoms with Crippen molar-refractivity contribution >= 4 is 32.8 Å². The maximum Gasteiger partial charge on any atom is 0.290 e. The summed E-state index contributed by atoms with van der Waals surface area (Å²) in [6.07, 6.45) is 0.767. The number of benzene rings is 2. The molecular formula is C26H27BrN2O6. The van der Waals surface area contributed by atoms with Gasteiger partial charge in [0.1, 0.15) is 5.58 Å². The number of nitrogens with zero attached hydrogens (tertiary/aromatic N) is 2. The number of morpholine rings is 1. The Labute approximate surface area is 211 Å². The Hall–Kier alpha value is -2.88. The standard InChI is InChI=1S/C26H27BrN2O6/c1-32-20-6-4-16(14-21(20)33-2)23-22-24(30)18-15-17(27)5-7-19(18)35-25(22)26(31)29(23)9-3-8-28-10-12-34-13-11-28/h4-7,14-15,23H,3,8-13H2,1-2H3/t23-/m0/s1. The zero-order chi connectivity index (χ0) is 24.5. The molecule has 0 bridgehead atoms. The number of fused-ring (bicyclic) bond motifs is 2. The Balaban J connectivity index is 1.57. The van der Waals surface area contributed by atoms with Crippen LogP contribution in [0.2, 0.25) is 0 Å². The highest BCUT2D eigenvalue weighted by Gasteiger charge is 2.42. The summed E-state index contributed by atoms with van der Waals surface area (Å²) in [6, 6.07) is 10.1. The summed E-state index contributed by atoms with van der Waals surface area (Å²) >= 11 is 3.44. The van der Waals surface area contributed by atoms with Gasteiger partial charge in [-0.2, -0.15) is 0 Å². The lowest BCUT2D eigenvalue weighted by Crippen LogP contribution is -2.38. The molecule has 2 aromatic carbocycles. The SMILES string of the molecule is COc1ccc([C@H]2c3c(oc4ccc(Br)cc4c3=O)C(=O)N2CCCN2CCOCC2)cc1OC. The van der Waals surface area contributed by atoms with Gasteiger partial charge in [0.25, 0.3) is 5.91 Å². The van der Waals surface area contributed by atoms with Crippen molar-refractivity contribution in [2.45, 2.75) is 12.5 Å². The van der Waals surface area contributed by atoms with Crippen molar-refractivity contribution in [1.29, 1.82) is 0 Å². The lowest BCUT2D eigenvalue weighted by molar-refractivity contribution is 0.0353. The van der Waals surface area contributed by atoms with Gasteiger partial charge >= 0.3 is 0 Å². The van der Waals surface area contributed by atoms with Crippen LogP contribution in [0.25, 0.3) is 11.0 Å². The first-order valence-corrected chi connectivity index (χ1v) is 12.4. The molecule has 2 aliphatic rings. The highest BCUT2D eigenvalue weighted by Crippen LogP contribution is 2.41. The molecule has 3 aromatic rings. The van der Waals surface area contributed by atoms with Crippen LogP contribution in [-0.2, 0) is 4.74 Å². The average molecular weight is 543 g/mol. The van der Waals surface area contributed by atoms with E-state index in [0.717, 1.165) is 49.3 Å². The van der Waals surface area contributed by atoms with Crippen LogP contribution < -0.4 is 14.9 Å². The molecule has 184 valence electrons. The molecule has 8 nitrogen and oxygen atoms in total. The first-order valence-electron chi connectivity index (χ1n) is 11.6. The summed E-state index contributed by atoms with van der Waals surface area (Å²) in [4.78, 5) is 31.4. The van der Waals surface area contributed by atoms with E-state index in [1.807, 2.05) is 12.1 Å². The van der Waals surface area contributed by atoms with E-state index in [2.05, 4.69) is 20.8 Å². The Morgan fingerprint density at radius 2 is 1.77 bits per heavy atom. The summed E-state index contributed by atoms with van der Waals surface area (Å²) < 4.78 is 23.1. The molecule has 9 heteroatoms. The smallest absolute Gasteiger partial charge is 0.290 e. The molecule has 1 saturated heterocycles. The van der Waals surface area contributed by atoms with Gasteiger partial charge in [-0.25, -0.2) is 0 Å². The molecule has 0 N–H and O–H groups in total. The molecule has 0 saturated carbocycles. The quantitative estimate of drug-likeness (QED) is 0.448. The fourth-order valence-corrected chi connectivity index (χ4v) is 5.24. The molecule has 0 radical (unpaired) electrons. The van der Waals surface area contributed by atoms with Gasteiger partial charge in [0.15, 0.2) is 16.9 Å². The van der Waals surface area contributed by atoms with E-state index in [0.29, 0.717) is 34.6 Å². The van der Waals surface area contributed by atoms with E-state index in [1.165, 1.54) is 0 Å². The van der Waals surface area contributed by atoms with Crippen molar-refractivity contribution in [3.63, 3.8) is 0 Å². The van der Waals surface area contributed by atoms with Crippen molar-refractivity contribution in [2.24, 2.45) is 0 Å². The number of methoxy groups -OCH3 is 2. The molecule has 0 aliphatic carbocycles. The van der Waals surface area contributed by atoms with Crippen molar-refractivity contribution < 1.29 is 23.4 Å². The van der Waals surface area contributed by atoms with E-state index in [-0.39, 0.29) is 17.1 Å². The molecule has 1 fully saturated rings. The largest absolute Gasteiger partial charge is 0.493 e. The summed E-state index contributed by atoms with van der Waals surface area (Å²) in [5.41, 5.74) is 1.32. The Morgan fingerprint density at radius 1 is 1.00 bits per heavy atom. The van der Waals surface area contributed by atoms with Crippen molar-refractivity contribution in [3.8, 4) is 11.5 Å². The number of halogens is 1. The highest BCUT2D eigenvalue weighted by atomic mass is 79.9. The van der Waals surface area contributed by atoms with E-state index in [9.17, 15) is 9.59 Å². The number of rotatable bonds is 7. The molecule has 1 atom stereocenters. The minimum absolute atomic E-state index is 0.107. The van der Waals surface area contributed by atoms with Gasteiger partial charge in [-0.05, 0) is 42.3 Å². The van der Waals surface area contributed by atoms with Crippen molar-refractivity contribution in [2.75, 3.05) is 53.6 Å². The Morgan fingerprint density at radius 3 is 2.51 bits per heavy atom. The molecule has 2 aliphatic heterocycles. The summed E-state index contributed by atoms with van der Waals surface area (Å²) in [5.74, 6) is 0.945. The summed E-state index contributed by atoms with van der Waals surface area (Å²) in [5, 5.41) is 0.437. The van der Waals surface area contributed by atoms with Crippen LogP contribution in [0.4, 0.5) is 0 Å². The maximum absolute atomic E-state index is 13.7. The van der Waals surface area contributed by atoms with Crippen molar-refractivity contribution in [3.05, 3.63) is 68.0 Å². The molecule has 0 spiro atoms. The second-order valence-corrected chi connectivity index (χ2v) is 9.55. The minimum Gasteiger partial charge on any atom is -0.493 e.